The molecule has 1 rings (SSSR count). The minimum Gasteiger partial charge on any atom is -0.496 e. The van der Waals surface area contributed by atoms with Gasteiger partial charge in [-0.3, -0.25) is 0 Å². The molecule has 4 nitrogen and oxygen atoms in total. The number of hydrogen-bond donors (Lipinski definition) is 2. The molecule has 0 atom stereocenters. The molecule has 0 aliphatic rings. The Labute approximate surface area is 129 Å². The third kappa shape index (κ3) is 6.93. The second-order valence-electron chi connectivity index (χ2n) is 5.49. The second-order valence-corrected chi connectivity index (χ2v) is 5.49. The molecule has 0 spiro atoms. The Bertz CT molecular complexity index is 396. The van der Waals surface area contributed by atoms with Gasteiger partial charge < -0.3 is 20.1 Å². The maximum atomic E-state index is 8.78. The second kappa shape index (κ2) is 10.6. The van der Waals surface area contributed by atoms with E-state index >= 15 is 0 Å². The van der Waals surface area contributed by atoms with E-state index < -0.39 is 0 Å². The van der Waals surface area contributed by atoms with Gasteiger partial charge in [-0.1, -0.05) is 25.5 Å². The van der Waals surface area contributed by atoms with E-state index in [9.17, 15) is 0 Å². The van der Waals surface area contributed by atoms with E-state index in [-0.39, 0.29) is 6.61 Å². The fourth-order valence-corrected chi connectivity index (χ4v) is 2.28. The molecule has 0 heterocycles. The SMILES string of the molecule is CCCCN(C)Cc1ccc(CNCCCO)c(OC)c1. The number of benzene rings is 1. The van der Waals surface area contributed by atoms with Gasteiger partial charge in [0.25, 0.3) is 0 Å². The van der Waals surface area contributed by atoms with Gasteiger partial charge in [-0.05, 0) is 44.6 Å². The third-order valence-corrected chi connectivity index (χ3v) is 3.52. The van der Waals surface area contributed by atoms with Gasteiger partial charge in [0, 0.05) is 25.3 Å². The van der Waals surface area contributed by atoms with Crippen LogP contribution >= 0.6 is 0 Å². The first-order chi connectivity index (χ1) is 10.2. The predicted molar refractivity (Wildman–Crippen MR) is 87.6 cm³/mol. The Morgan fingerprint density at radius 2 is 2.10 bits per heavy atom. The van der Waals surface area contributed by atoms with E-state index in [4.69, 9.17) is 9.84 Å². The van der Waals surface area contributed by atoms with Gasteiger partial charge in [0.2, 0.25) is 0 Å². The van der Waals surface area contributed by atoms with Gasteiger partial charge in [-0.25, -0.2) is 0 Å². The predicted octanol–water partition coefficient (Wildman–Crippen LogP) is 2.40. The highest BCUT2D eigenvalue weighted by atomic mass is 16.5. The molecular weight excluding hydrogens is 264 g/mol. The van der Waals surface area contributed by atoms with E-state index in [1.54, 1.807) is 7.11 Å². The van der Waals surface area contributed by atoms with Crippen molar-refractivity contribution < 1.29 is 9.84 Å². The lowest BCUT2D eigenvalue weighted by Crippen LogP contribution is -2.19. The van der Waals surface area contributed by atoms with Crippen molar-refractivity contribution in [2.75, 3.05) is 33.9 Å². The zero-order chi connectivity index (χ0) is 15.5. The number of aliphatic hydroxyl groups is 1. The summed E-state index contributed by atoms with van der Waals surface area (Å²) in [6.45, 7) is 6.12. The summed E-state index contributed by atoms with van der Waals surface area (Å²) in [4.78, 5) is 2.34. The first kappa shape index (κ1) is 18.0. The molecule has 4 heteroatoms. The fourth-order valence-electron chi connectivity index (χ4n) is 2.28. The van der Waals surface area contributed by atoms with Crippen LogP contribution in [0.4, 0.5) is 0 Å². The summed E-state index contributed by atoms with van der Waals surface area (Å²) in [7, 11) is 3.88. The molecule has 2 N–H and O–H groups in total. The van der Waals surface area contributed by atoms with E-state index in [0.717, 1.165) is 43.9 Å². The molecule has 21 heavy (non-hydrogen) atoms. The number of ether oxygens (including phenoxy) is 1. The molecule has 120 valence electrons. The van der Waals surface area contributed by atoms with Gasteiger partial charge in [0.05, 0.1) is 7.11 Å². The zero-order valence-corrected chi connectivity index (χ0v) is 13.7. The van der Waals surface area contributed by atoms with E-state index in [1.165, 1.54) is 18.4 Å². The quantitative estimate of drug-likeness (QED) is 0.615. The summed E-state index contributed by atoms with van der Waals surface area (Å²) in [6.07, 6.45) is 3.25. The maximum Gasteiger partial charge on any atom is 0.123 e. The van der Waals surface area contributed by atoms with Crippen molar-refractivity contribution in [3.05, 3.63) is 29.3 Å². The smallest absolute Gasteiger partial charge is 0.123 e. The topological polar surface area (TPSA) is 44.7 Å². The molecule has 1 aromatic rings. The van der Waals surface area contributed by atoms with Crippen LogP contribution < -0.4 is 10.1 Å². The fraction of sp³-hybridized carbons (Fsp3) is 0.647. The van der Waals surface area contributed by atoms with Crippen LogP contribution in [0, 0.1) is 0 Å². The summed E-state index contributed by atoms with van der Waals surface area (Å²) >= 11 is 0. The lowest BCUT2D eigenvalue weighted by Gasteiger charge is -2.17. The molecule has 1 aromatic carbocycles. The molecule has 0 radical (unpaired) electrons. The Kier molecular flexibility index (Phi) is 9.06. The average molecular weight is 294 g/mol. The van der Waals surface area contributed by atoms with E-state index in [1.807, 2.05) is 0 Å². The standard InChI is InChI=1S/C17H30N2O2/c1-4-5-10-19(2)14-15-7-8-16(17(12-15)21-3)13-18-9-6-11-20/h7-8,12,18,20H,4-6,9-11,13-14H2,1-3H3. The summed E-state index contributed by atoms with van der Waals surface area (Å²) in [5.74, 6) is 0.938. The molecular formula is C17H30N2O2. The number of aliphatic hydroxyl groups excluding tert-OH is 1. The van der Waals surface area contributed by atoms with Crippen LogP contribution in [0.1, 0.15) is 37.3 Å². The number of methoxy groups -OCH3 is 1. The van der Waals surface area contributed by atoms with Crippen molar-refractivity contribution in [2.45, 2.75) is 39.3 Å². The highest BCUT2D eigenvalue weighted by molar-refractivity contribution is 5.37. The van der Waals surface area contributed by atoms with Crippen LogP contribution in [0.5, 0.6) is 5.75 Å². The van der Waals surface area contributed by atoms with Gasteiger partial charge in [0.1, 0.15) is 5.75 Å². The highest BCUT2D eigenvalue weighted by Crippen LogP contribution is 2.21. The molecule has 0 unspecified atom stereocenters. The number of hydrogen-bond acceptors (Lipinski definition) is 4. The zero-order valence-electron chi connectivity index (χ0n) is 13.7. The van der Waals surface area contributed by atoms with Crippen LogP contribution in [0.15, 0.2) is 18.2 Å². The summed E-state index contributed by atoms with van der Waals surface area (Å²) in [5, 5.41) is 12.1. The van der Waals surface area contributed by atoms with Crippen molar-refractivity contribution in [3.8, 4) is 5.75 Å². The summed E-state index contributed by atoms with van der Waals surface area (Å²) in [5.41, 5.74) is 2.44. The minimum absolute atomic E-state index is 0.229. The number of nitrogens with one attached hydrogen (secondary N) is 1. The van der Waals surface area contributed by atoms with Crippen molar-refractivity contribution >= 4 is 0 Å². The van der Waals surface area contributed by atoms with Crippen LogP contribution in [-0.2, 0) is 13.1 Å². The molecule has 0 aliphatic carbocycles. The van der Waals surface area contributed by atoms with Gasteiger partial charge in [0.15, 0.2) is 0 Å². The van der Waals surface area contributed by atoms with Crippen molar-refractivity contribution in [1.82, 2.24) is 10.2 Å². The summed E-state index contributed by atoms with van der Waals surface area (Å²) in [6, 6.07) is 6.44. The highest BCUT2D eigenvalue weighted by Gasteiger charge is 2.06. The van der Waals surface area contributed by atoms with Crippen LogP contribution in [-0.4, -0.2) is 43.9 Å². The Morgan fingerprint density at radius 3 is 2.76 bits per heavy atom. The van der Waals surface area contributed by atoms with Crippen LogP contribution in [0.2, 0.25) is 0 Å². The van der Waals surface area contributed by atoms with E-state index in [0.29, 0.717) is 0 Å². The first-order valence-electron chi connectivity index (χ1n) is 7.87. The number of nitrogens with zero attached hydrogens (tertiary/aromatic N) is 1. The van der Waals surface area contributed by atoms with Crippen LogP contribution in [0.3, 0.4) is 0 Å². The monoisotopic (exact) mass is 294 g/mol. The number of unbranched alkanes of at least 4 members (excludes halogenated alkanes) is 1. The largest absolute Gasteiger partial charge is 0.496 e. The van der Waals surface area contributed by atoms with Gasteiger partial charge in [-0.15, -0.1) is 0 Å². The maximum absolute atomic E-state index is 8.78. The minimum atomic E-state index is 0.229. The van der Waals surface area contributed by atoms with Crippen molar-refractivity contribution in [3.63, 3.8) is 0 Å². The lowest BCUT2D eigenvalue weighted by atomic mass is 10.1. The Hall–Kier alpha value is -1.10. The molecule has 0 saturated carbocycles. The molecule has 0 aromatic heterocycles. The third-order valence-electron chi connectivity index (χ3n) is 3.52. The average Bonchev–Trinajstić information content (AvgIpc) is 2.50. The molecule has 0 fully saturated rings. The Balaban J connectivity index is 2.56. The van der Waals surface area contributed by atoms with Gasteiger partial charge >= 0.3 is 0 Å². The molecule has 0 saturated heterocycles. The van der Waals surface area contributed by atoms with Crippen LogP contribution in [0.25, 0.3) is 0 Å². The Morgan fingerprint density at radius 1 is 1.29 bits per heavy atom. The van der Waals surface area contributed by atoms with Crippen molar-refractivity contribution in [2.24, 2.45) is 0 Å². The molecule has 0 bridgehead atoms. The van der Waals surface area contributed by atoms with Crippen molar-refractivity contribution in [1.29, 1.82) is 0 Å². The molecule has 0 aliphatic heterocycles. The lowest BCUT2D eigenvalue weighted by molar-refractivity contribution is 0.286. The number of rotatable bonds is 11. The van der Waals surface area contributed by atoms with Gasteiger partial charge in [-0.2, -0.15) is 0 Å². The summed E-state index contributed by atoms with van der Waals surface area (Å²) < 4.78 is 5.50. The first-order valence-corrected chi connectivity index (χ1v) is 7.87. The van der Waals surface area contributed by atoms with E-state index in [2.05, 4.69) is 42.4 Å². The molecule has 0 amide bonds. The normalized spacial score (nSPS) is 11.1.